The van der Waals surface area contributed by atoms with Crippen LogP contribution < -0.4 is 0 Å². The van der Waals surface area contributed by atoms with Crippen molar-refractivity contribution in [3.63, 3.8) is 0 Å². The first-order chi connectivity index (χ1) is 9.56. The Morgan fingerprint density at radius 2 is 1.65 bits per heavy atom. The Labute approximate surface area is 131 Å². The summed E-state index contributed by atoms with van der Waals surface area (Å²) in [6, 6.07) is 11.5. The zero-order valence-electron chi connectivity index (χ0n) is 10.5. The third-order valence-electron chi connectivity index (χ3n) is 2.76. The van der Waals surface area contributed by atoms with Crippen LogP contribution in [0.1, 0.15) is 5.56 Å². The summed E-state index contributed by atoms with van der Waals surface area (Å²) in [6.07, 6.45) is -0.172. The number of benzene rings is 2. The molecule has 0 heterocycles. The van der Waals surface area contributed by atoms with Gasteiger partial charge < -0.3 is 5.11 Å². The van der Waals surface area contributed by atoms with Gasteiger partial charge in [-0.2, -0.15) is 0 Å². The van der Waals surface area contributed by atoms with E-state index in [1.165, 1.54) is 23.9 Å². The summed E-state index contributed by atoms with van der Waals surface area (Å²) in [6.45, 7) is 0. The lowest BCUT2D eigenvalue weighted by Gasteiger charge is -2.12. The van der Waals surface area contributed by atoms with E-state index in [0.717, 1.165) is 10.5 Å². The van der Waals surface area contributed by atoms with E-state index in [2.05, 4.69) is 0 Å². The first-order valence-corrected chi connectivity index (χ1v) is 7.79. The monoisotopic (exact) mass is 330 g/mol. The van der Waals surface area contributed by atoms with Gasteiger partial charge in [0.25, 0.3) is 0 Å². The van der Waals surface area contributed by atoms with Gasteiger partial charge in [-0.25, -0.2) is 4.39 Å². The number of halogens is 3. The van der Waals surface area contributed by atoms with Crippen LogP contribution in [0.15, 0.2) is 47.4 Å². The van der Waals surface area contributed by atoms with Crippen molar-refractivity contribution in [3.05, 3.63) is 63.9 Å². The van der Waals surface area contributed by atoms with Gasteiger partial charge in [-0.3, -0.25) is 0 Å². The van der Waals surface area contributed by atoms with Crippen molar-refractivity contribution in [1.29, 1.82) is 0 Å². The lowest BCUT2D eigenvalue weighted by molar-refractivity contribution is 0.200. The quantitative estimate of drug-likeness (QED) is 0.792. The summed E-state index contributed by atoms with van der Waals surface area (Å²) >= 11 is 13.6. The molecule has 0 radical (unpaired) electrons. The van der Waals surface area contributed by atoms with Crippen molar-refractivity contribution in [2.24, 2.45) is 0 Å². The third-order valence-corrected chi connectivity index (χ3v) is 4.62. The fourth-order valence-corrected chi connectivity index (χ4v) is 3.13. The first-order valence-electron chi connectivity index (χ1n) is 6.05. The standard InChI is InChI=1S/C15H13Cl2FOS/c16-14-2-1-3-15(17)13(14)8-11(19)9-20-12-6-4-10(18)5-7-12/h1-7,11,19H,8-9H2. The van der Waals surface area contributed by atoms with Crippen LogP contribution in [0.5, 0.6) is 0 Å². The van der Waals surface area contributed by atoms with Gasteiger partial charge in [0.1, 0.15) is 5.82 Å². The zero-order chi connectivity index (χ0) is 14.5. The maximum absolute atomic E-state index is 12.8. The molecular weight excluding hydrogens is 318 g/mol. The Kier molecular flexibility index (Phi) is 5.73. The van der Waals surface area contributed by atoms with Gasteiger partial charge in [-0.05, 0) is 42.0 Å². The van der Waals surface area contributed by atoms with Crippen LogP contribution in [0.4, 0.5) is 4.39 Å². The molecule has 1 nitrogen and oxygen atoms in total. The molecule has 1 N–H and O–H groups in total. The Hall–Kier alpha value is -0.740. The molecule has 0 fully saturated rings. The zero-order valence-corrected chi connectivity index (χ0v) is 12.9. The van der Waals surface area contributed by atoms with Crippen LogP contribution in [-0.4, -0.2) is 17.0 Å². The second kappa shape index (κ2) is 7.32. The van der Waals surface area contributed by atoms with Gasteiger partial charge in [-0.15, -0.1) is 11.8 Å². The molecule has 2 aromatic rings. The van der Waals surface area contributed by atoms with Crippen LogP contribution in [0, 0.1) is 5.82 Å². The summed E-state index contributed by atoms with van der Waals surface area (Å²) < 4.78 is 12.8. The van der Waals surface area contributed by atoms with E-state index < -0.39 is 6.10 Å². The Morgan fingerprint density at radius 3 is 2.25 bits per heavy atom. The molecule has 0 aliphatic heterocycles. The predicted octanol–water partition coefficient (Wildman–Crippen LogP) is 4.83. The highest BCUT2D eigenvalue weighted by Gasteiger charge is 2.12. The van der Waals surface area contributed by atoms with Crippen LogP contribution >= 0.6 is 35.0 Å². The topological polar surface area (TPSA) is 20.2 Å². The van der Waals surface area contributed by atoms with Crippen LogP contribution in [0.3, 0.4) is 0 Å². The molecule has 2 aromatic carbocycles. The second-order valence-corrected chi connectivity index (χ2v) is 6.23. The van der Waals surface area contributed by atoms with Crippen LogP contribution in [0.2, 0.25) is 10.0 Å². The minimum Gasteiger partial charge on any atom is -0.392 e. The molecule has 0 aliphatic carbocycles. The molecule has 0 saturated carbocycles. The molecule has 0 aromatic heterocycles. The molecule has 20 heavy (non-hydrogen) atoms. The number of rotatable bonds is 5. The molecule has 1 unspecified atom stereocenters. The van der Waals surface area contributed by atoms with Gasteiger partial charge in [0.2, 0.25) is 0 Å². The molecule has 0 bridgehead atoms. The lowest BCUT2D eigenvalue weighted by Crippen LogP contribution is -2.14. The number of aliphatic hydroxyl groups is 1. The number of aliphatic hydroxyl groups excluding tert-OH is 1. The Balaban J connectivity index is 1.92. The fourth-order valence-electron chi connectivity index (χ4n) is 1.75. The van der Waals surface area contributed by atoms with Crippen molar-refractivity contribution in [1.82, 2.24) is 0 Å². The van der Waals surface area contributed by atoms with Crippen molar-refractivity contribution in [2.45, 2.75) is 17.4 Å². The predicted molar refractivity (Wildman–Crippen MR) is 83.3 cm³/mol. The summed E-state index contributed by atoms with van der Waals surface area (Å²) in [7, 11) is 0. The number of hydrogen-bond donors (Lipinski definition) is 1. The highest BCUT2D eigenvalue weighted by atomic mass is 35.5. The largest absolute Gasteiger partial charge is 0.392 e. The van der Waals surface area contributed by atoms with E-state index >= 15 is 0 Å². The average Bonchev–Trinajstić information content (AvgIpc) is 2.42. The molecule has 0 spiro atoms. The van der Waals surface area contributed by atoms with E-state index in [4.69, 9.17) is 23.2 Å². The van der Waals surface area contributed by atoms with Crippen molar-refractivity contribution in [2.75, 3.05) is 5.75 Å². The Bertz CT molecular complexity index is 554. The molecule has 0 aliphatic rings. The minimum atomic E-state index is -0.567. The van der Waals surface area contributed by atoms with Gasteiger partial charge in [0.05, 0.1) is 6.10 Å². The second-order valence-electron chi connectivity index (χ2n) is 4.32. The van der Waals surface area contributed by atoms with Gasteiger partial charge in [-0.1, -0.05) is 29.3 Å². The Morgan fingerprint density at radius 1 is 1.05 bits per heavy atom. The summed E-state index contributed by atoms with van der Waals surface area (Å²) in [5.41, 5.74) is 0.753. The van der Waals surface area contributed by atoms with Gasteiger partial charge >= 0.3 is 0 Å². The SMILES string of the molecule is OC(CSc1ccc(F)cc1)Cc1c(Cl)cccc1Cl. The summed E-state index contributed by atoms with van der Waals surface area (Å²) in [4.78, 5) is 0.913. The molecule has 106 valence electrons. The van der Waals surface area contributed by atoms with E-state index in [-0.39, 0.29) is 5.82 Å². The number of hydrogen-bond acceptors (Lipinski definition) is 2. The maximum Gasteiger partial charge on any atom is 0.123 e. The van der Waals surface area contributed by atoms with Crippen molar-refractivity contribution < 1.29 is 9.50 Å². The first kappa shape index (κ1) is 15.6. The van der Waals surface area contributed by atoms with Crippen LogP contribution in [0.25, 0.3) is 0 Å². The number of thioether (sulfide) groups is 1. The molecule has 0 saturated heterocycles. The highest BCUT2D eigenvalue weighted by Crippen LogP contribution is 2.27. The van der Waals surface area contributed by atoms with Crippen molar-refractivity contribution >= 4 is 35.0 Å². The normalized spacial score (nSPS) is 12.4. The highest BCUT2D eigenvalue weighted by molar-refractivity contribution is 7.99. The molecule has 2 rings (SSSR count). The summed E-state index contributed by atoms with van der Waals surface area (Å²) in [5.74, 6) is 0.227. The summed E-state index contributed by atoms with van der Waals surface area (Å²) in [5, 5.41) is 11.2. The third kappa shape index (κ3) is 4.38. The van der Waals surface area contributed by atoms with E-state index in [1.54, 1.807) is 30.3 Å². The van der Waals surface area contributed by atoms with Crippen LogP contribution in [-0.2, 0) is 6.42 Å². The van der Waals surface area contributed by atoms with Gasteiger partial charge in [0.15, 0.2) is 0 Å². The van der Waals surface area contributed by atoms with E-state index in [1.807, 2.05) is 0 Å². The molecule has 5 heteroatoms. The average molecular weight is 331 g/mol. The fraction of sp³-hybridized carbons (Fsp3) is 0.200. The minimum absolute atomic E-state index is 0.266. The van der Waals surface area contributed by atoms with Gasteiger partial charge in [0, 0.05) is 27.1 Å². The molecular formula is C15H13Cl2FOS. The van der Waals surface area contributed by atoms with E-state index in [9.17, 15) is 9.50 Å². The van der Waals surface area contributed by atoms with E-state index in [0.29, 0.717) is 22.2 Å². The smallest absolute Gasteiger partial charge is 0.123 e. The molecule has 1 atom stereocenters. The molecule has 0 amide bonds. The van der Waals surface area contributed by atoms with Crippen molar-refractivity contribution in [3.8, 4) is 0 Å². The maximum atomic E-state index is 12.8. The lowest BCUT2D eigenvalue weighted by atomic mass is 10.1.